The lowest BCUT2D eigenvalue weighted by molar-refractivity contribution is 0.0411. The summed E-state index contributed by atoms with van der Waals surface area (Å²) in [4.78, 5) is 13.3. The maximum atomic E-state index is 11.1. The molecule has 1 fully saturated rings. The van der Waals surface area contributed by atoms with Gasteiger partial charge < -0.3 is 19.5 Å². The second kappa shape index (κ2) is 7.43. The maximum absolute atomic E-state index is 11.1. The van der Waals surface area contributed by atoms with Crippen LogP contribution in [0.25, 0.3) is 0 Å². The number of hydrogen-bond acceptors (Lipinski definition) is 4. The van der Waals surface area contributed by atoms with Crippen molar-refractivity contribution in [1.82, 2.24) is 4.90 Å². The van der Waals surface area contributed by atoms with E-state index < -0.39 is 5.97 Å². The fourth-order valence-electron chi connectivity index (χ4n) is 2.78. The maximum Gasteiger partial charge on any atom is 0.335 e. The number of benzene rings is 1. The third-order valence-electron chi connectivity index (χ3n) is 3.79. The number of ether oxygens (including phenoxy) is 2. The first kappa shape index (κ1) is 15.8. The van der Waals surface area contributed by atoms with E-state index in [4.69, 9.17) is 14.6 Å². The van der Waals surface area contributed by atoms with Crippen molar-refractivity contribution in [3.05, 3.63) is 29.3 Å². The first-order chi connectivity index (χ1) is 10.1. The number of carboxylic acid groups (broad SMARTS) is 1. The van der Waals surface area contributed by atoms with E-state index in [-0.39, 0.29) is 0 Å². The first-order valence-electron chi connectivity index (χ1n) is 7.26. The average molecular weight is 293 g/mol. The lowest BCUT2D eigenvalue weighted by Gasteiger charge is -2.27. The number of carboxylic acids is 1. The van der Waals surface area contributed by atoms with Crippen molar-refractivity contribution in [2.75, 3.05) is 33.9 Å². The molecule has 1 atom stereocenters. The predicted octanol–water partition coefficient (Wildman–Crippen LogP) is 2.25. The van der Waals surface area contributed by atoms with E-state index in [2.05, 4.69) is 4.90 Å². The molecule has 1 heterocycles. The lowest BCUT2D eigenvalue weighted by atomic mass is 10.0. The second-order valence-corrected chi connectivity index (χ2v) is 5.61. The van der Waals surface area contributed by atoms with E-state index in [1.165, 1.54) is 6.42 Å². The molecule has 1 aromatic rings. The van der Waals surface area contributed by atoms with Crippen LogP contribution in [0.2, 0.25) is 0 Å². The SMILES string of the molecule is COc1ccc(C(=O)O)cc1CN(C)CC1CCCOC1. The Morgan fingerprint density at radius 2 is 2.33 bits per heavy atom. The van der Waals surface area contributed by atoms with Gasteiger partial charge in [-0.1, -0.05) is 0 Å². The minimum Gasteiger partial charge on any atom is -0.496 e. The predicted molar refractivity (Wildman–Crippen MR) is 79.8 cm³/mol. The molecule has 2 rings (SSSR count). The lowest BCUT2D eigenvalue weighted by Crippen LogP contribution is -2.30. The molecule has 1 saturated heterocycles. The highest BCUT2D eigenvalue weighted by molar-refractivity contribution is 5.88. The van der Waals surface area contributed by atoms with Crippen molar-refractivity contribution in [3.8, 4) is 5.75 Å². The summed E-state index contributed by atoms with van der Waals surface area (Å²) in [5.74, 6) is 0.367. The van der Waals surface area contributed by atoms with Gasteiger partial charge in [0.05, 0.1) is 19.3 Å². The highest BCUT2D eigenvalue weighted by Crippen LogP contribution is 2.22. The highest BCUT2D eigenvalue weighted by Gasteiger charge is 2.17. The summed E-state index contributed by atoms with van der Waals surface area (Å²) in [6.07, 6.45) is 2.31. The van der Waals surface area contributed by atoms with E-state index in [0.717, 1.165) is 37.5 Å². The molecule has 0 aliphatic carbocycles. The molecule has 0 radical (unpaired) electrons. The van der Waals surface area contributed by atoms with Crippen LogP contribution in [0.5, 0.6) is 5.75 Å². The van der Waals surface area contributed by atoms with Crippen molar-refractivity contribution < 1.29 is 19.4 Å². The Balaban J connectivity index is 2.02. The summed E-state index contributed by atoms with van der Waals surface area (Å²) in [5, 5.41) is 9.10. The van der Waals surface area contributed by atoms with Gasteiger partial charge in [0.1, 0.15) is 5.75 Å². The van der Waals surface area contributed by atoms with Crippen LogP contribution in [0.3, 0.4) is 0 Å². The third kappa shape index (κ3) is 4.44. The van der Waals surface area contributed by atoms with Gasteiger partial charge in [0.25, 0.3) is 0 Å². The molecule has 0 saturated carbocycles. The number of rotatable bonds is 6. The van der Waals surface area contributed by atoms with Gasteiger partial charge in [-0.15, -0.1) is 0 Å². The molecule has 1 aliphatic heterocycles. The third-order valence-corrected chi connectivity index (χ3v) is 3.79. The number of aromatic carboxylic acids is 1. The summed E-state index contributed by atoms with van der Waals surface area (Å²) in [6.45, 7) is 3.30. The molecule has 0 spiro atoms. The van der Waals surface area contributed by atoms with Crippen molar-refractivity contribution in [2.45, 2.75) is 19.4 Å². The monoisotopic (exact) mass is 293 g/mol. The molecule has 1 N–H and O–H groups in total. The second-order valence-electron chi connectivity index (χ2n) is 5.61. The molecule has 0 bridgehead atoms. The molecule has 5 nitrogen and oxygen atoms in total. The van der Waals surface area contributed by atoms with Crippen LogP contribution in [0.1, 0.15) is 28.8 Å². The Morgan fingerprint density at radius 3 is 2.95 bits per heavy atom. The topological polar surface area (TPSA) is 59.0 Å². The summed E-state index contributed by atoms with van der Waals surface area (Å²) in [6, 6.07) is 4.98. The molecule has 21 heavy (non-hydrogen) atoms. The fraction of sp³-hybridized carbons (Fsp3) is 0.562. The van der Waals surface area contributed by atoms with Crippen LogP contribution >= 0.6 is 0 Å². The van der Waals surface area contributed by atoms with E-state index in [1.54, 1.807) is 25.3 Å². The molecule has 1 unspecified atom stereocenters. The van der Waals surface area contributed by atoms with Gasteiger partial charge in [-0.2, -0.15) is 0 Å². The Hall–Kier alpha value is -1.59. The van der Waals surface area contributed by atoms with Crippen LogP contribution in [0.15, 0.2) is 18.2 Å². The minimum absolute atomic E-state index is 0.292. The summed E-state index contributed by atoms with van der Waals surface area (Å²) in [5.41, 5.74) is 1.19. The Morgan fingerprint density at radius 1 is 1.52 bits per heavy atom. The summed E-state index contributed by atoms with van der Waals surface area (Å²) >= 11 is 0. The number of methoxy groups -OCH3 is 1. The van der Waals surface area contributed by atoms with E-state index in [1.807, 2.05) is 7.05 Å². The van der Waals surface area contributed by atoms with E-state index in [0.29, 0.717) is 18.0 Å². The van der Waals surface area contributed by atoms with Crippen molar-refractivity contribution in [1.29, 1.82) is 0 Å². The molecular formula is C16H23NO4. The number of hydrogen-bond donors (Lipinski definition) is 1. The minimum atomic E-state index is -0.915. The van der Waals surface area contributed by atoms with Crippen LogP contribution in [0.4, 0.5) is 0 Å². The standard InChI is InChI=1S/C16H23NO4/c1-17(9-12-4-3-7-21-11-12)10-14-8-13(16(18)19)5-6-15(14)20-2/h5-6,8,12H,3-4,7,9-11H2,1-2H3,(H,18,19). The van der Waals surface area contributed by atoms with Gasteiger partial charge in [0.2, 0.25) is 0 Å². The number of carbonyl (C=O) groups is 1. The zero-order valence-electron chi connectivity index (χ0n) is 12.7. The first-order valence-corrected chi connectivity index (χ1v) is 7.26. The largest absolute Gasteiger partial charge is 0.496 e. The van der Waals surface area contributed by atoms with Gasteiger partial charge in [-0.05, 0) is 44.0 Å². The Kier molecular flexibility index (Phi) is 5.59. The Labute approximate surface area is 125 Å². The van der Waals surface area contributed by atoms with Crippen molar-refractivity contribution in [2.24, 2.45) is 5.92 Å². The molecule has 1 aliphatic rings. The van der Waals surface area contributed by atoms with Gasteiger partial charge in [0.15, 0.2) is 0 Å². The number of nitrogens with zero attached hydrogens (tertiary/aromatic N) is 1. The zero-order valence-corrected chi connectivity index (χ0v) is 12.7. The Bertz CT molecular complexity index is 483. The molecule has 5 heteroatoms. The molecule has 0 aromatic heterocycles. The van der Waals surface area contributed by atoms with Crippen LogP contribution in [0, 0.1) is 5.92 Å². The smallest absolute Gasteiger partial charge is 0.335 e. The fourth-order valence-corrected chi connectivity index (χ4v) is 2.78. The highest BCUT2D eigenvalue weighted by atomic mass is 16.5. The van der Waals surface area contributed by atoms with Gasteiger partial charge in [-0.3, -0.25) is 0 Å². The van der Waals surface area contributed by atoms with Crippen LogP contribution in [-0.2, 0) is 11.3 Å². The molecular weight excluding hydrogens is 270 g/mol. The van der Waals surface area contributed by atoms with E-state index >= 15 is 0 Å². The summed E-state index contributed by atoms with van der Waals surface area (Å²) < 4.78 is 10.8. The molecule has 116 valence electrons. The van der Waals surface area contributed by atoms with Crippen molar-refractivity contribution >= 4 is 5.97 Å². The van der Waals surface area contributed by atoms with Gasteiger partial charge >= 0.3 is 5.97 Å². The van der Waals surface area contributed by atoms with E-state index in [9.17, 15) is 4.79 Å². The van der Waals surface area contributed by atoms with Gasteiger partial charge in [-0.25, -0.2) is 4.79 Å². The summed E-state index contributed by atoms with van der Waals surface area (Å²) in [7, 11) is 3.65. The zero-order chi connectivity index (χ0) is 15.2. The average Bonchev–Trinajstić information content (AvgIpc) is 2.48. The normalized spacial score (nSPS) is 18.7. The van der Waals surface area contributed by atoms with Crippen molar-refractivity contribution in [3.63, 3.8) is 0 Å². The quantitative estimate of drug-likeness (QED) is 0.871. The van der Waals surface area contributed by atoms with Crippen LogP contribution < -0.4 is 4.74 Å². The van der Waals surface area contributed by atoms with Crippen LogP contribution in [-0.4, -0.2) is 49.9 Å². The molecule has 1 aromatic carbocycles. The molecule has 0 amide bonds. The van der Waals surface area contributed by atoms with Gasteiger partial charge in [0, 0.05) is 25.3 Å².